The van der Waals surface area contributed by atoms with E-state index in [0.717, 1.165) is 32.1 Å². The van der Waals surface area contributed by atoms with Crippen molar-refractivity contribution in [3.05, 3.63) is 55.6 Å². The number of likely N-dealkylation sites (tertiary alicyclic amines) is 1. The predicted molar refractivity (Wildman–Crippen MR) is 152 cm³/mol. The standard InChI is InChI=1S/C30H38BrN3O5/c1-3-15-32(20-11-7-5-8-12-20)27(36)23-24-28(37)34(17-18-35)26(30(24)19-22(31)25(23)39-30)29(38)33(16-4-2)21-13-9-6-10-14-21/h3-5,7-8,11-12,21-26,35H,1-2,6,9-10,13-19H2/t22?,23-,24-,25-,26?,30?/m0/s1. The second-order valence-electron chi connectivity index (χ2n) is 11.1. The van der Waals surface area contributed by atoms with Crippen LogP contribution in [0.5, 0.6) is 0 Å². The molecule has 3 heterocycles. The van der Waals surface area contributed by atoms with Crippen molar-refractivity contribution in [1.29, 1.82) is 0 Å². The Hall–Kier alpha value is -2.49. The fourth-order valence-electron chi connectivity index (χ4n) is 7.39. The van der Waals surface area contributed by atoms with Crippen LogP contribution in [0.1, 0.15) is 38.5 Å². The number of anilines is 1. The summed E-state index contributed by atoms with van der Waals surface area (Å²) in [7, 11) is 0. The van der Waals surface area contributed by atoms with Gasteiger partial charge in [0.15, 0.2) is 0 Å². The predicted octanol–water partition coefficient (Wildman–Crippen LogP) is 3.29. The number of β-amino-alcohol motifs (C(OH)–C–C–N with tert-alkyl or cyclic N) is 1. The van der Waals surface area contributed by atoms with Gasteiger partial charge >= 0.3 is 0 Å². The quantitative estimate of drug-likeness (QED) is 0.329. The van der Waals surface area contributed by atoms with E-state index in [1.54, 1.807) is 17.1 Å². The van der Waals surface area contributed by atoms with Gasteiger partial charge in [0.05, 0.1) is 24.5 Å². The highest BCUT2D eigenvalue weighted by molar-refractivity contribution is 9.09. The lowest BCUT2D eigenvalue weighted by Crippen LogP contribution is -2.59. The summed E-state index contributed by atoms with van der Waals surface area (Å²) in [5.41, 5.74) is -0.433. The lowest BCUT2D eigenvalue weighted by Gasteiger charge is -2.41. The van der Waals surface area contributed by atoms with Crippen molar-refractivity contribution >= 4 is 39.3 Å². The van der Waals surface area contributed by atoms with E-state index in [-0.39, 0.29) is 48.3 Å². The van der Waals surface area contributed by atoms with Gasteiger partial charge in [0.1, 0.15) is 11.6 Å². The van der Waals surface area contributed by atoms with Crippen molar-refractivity contribution in [1.82, 2.24) is 9.80 Å². The van der Waals surface area contributed by atoms with Crippen LogP contribution < -0.4 is 4.90 Å². The summed E-state index contributed by atoms with van der Waals surface area (Å²) in [6.07, 6.45) is 8.38. The van der Waals surface area contributed by atoms with Crippen LogP contribution in [0.2, 0.25) is 0 Å². The maximum absolute atomic E-state index is 14.4. The van der Waals surface area contributed by atoms with E-state index < -0.39 is 29.6 Å². The van der Waals surface area contributed by atoms with E-state index in [1.165, 1.54) is 4.90 Å². The number of hydrogen-bond donors (Lipinski definition) is 1. The molecule has 3 amide bonds. The van der Waals surface area contributed by atoms with E-state index >= 15 is 0 Å². The average Bonchev–Trinajstić information content (AvgIpc) is 3.54. The summed E-state index contributed by atoms with van der Waals surface area (Å²) in [5.74, 6) is -2.26. The Morgan fingerprint density at radius 2 is 1.79 bits per heavy atom. The number of para-hydroxylation sites is 1. The molecule has 6 atom stereocenters. The first-order valence-electron chi connectivity index (χ1n) is 14.0. The van der Waals surface area contributed by atoms with Gasteiger partial charge in [-0.05, 0) is 31.4 Å². The zero-order valence-corrected chi connectivity index (χ0v) is 23.9. The molecule has 3 saturated heterocycles. The molecule has 9 heteroatoms. The number of aliphatic hydroxyl groups excluding tert-OH is 1. The molecular formula is C30H38BrN3O5. The second kappa shape index (κ2) is 11.6. The Kier molecular flexibility index (Phi) is 8.31. The van der Waals surface area contributed by atoms with Gasteiger partial charge in [-0.2, -0.15) is 0 Å². The second-order valence-corrected chi connectivity index (χ2v) is 12.2. The van der Waals surface area contributed by atoms with Crippen molar-refractivity contribution in [2.24, 2.45) is 11.8 Å². The van der Waals surface area contributed by atoms with Gasteiger partial charge in [0.25, 0.3) is 0 Å². The van der Waals surface area contributed by atoms with Gasteiger partial charge in [-0.25, -0.2) is 0 Å². The average molecular weight is 601 g/mol. The van der Waals surface area contributed by atoms with Gasteiger partial charge in [0.2, 0.25) is 17.7 Å². The first kappa shape index (κ1) is 28.1. The molecule has 1 aromatic rings. The molecule has 3 aliphatic heterocycles. The number of nitrogens with zero attached hydrogens (tertiary/aromatic N) is 3. The molecule has 1 spiro atoms. The van der Waals surface area contributed by atoms with Crippen LogP contribution >= 0.6 is 15.9 Å². The molecule has 1 saturated carbocycles. The smallest absolute Gasteiger partial charge is 0.248 e. The van der Waals surface area contributed by atoms with Gasteiger partial charge in [-0.3, -0.25) is 14.4 Å². The van der Waals surface area contributed by atoms with Crippen LogP contribution in [0.3, 0.4) is 0 Å². The lowest BCUT2D eigenvalue weighted by atomic mass is 9.70. The molecule has 0 radical (unpaired) electrons. The van der Waals surface area contributed by atoms with E-state index in [9.17, 15) is 19.5 Å². The minimum absolute atomic E-state index is 0.0109. The number of amides is 3. The van der Waals surface area contributed by atoms with Crippen molar-refractivity contribution in [3.63, 3.8) is 0 Å². The third kappa shape index (κ3) is 4.66. The number of alkyl halides is 1. The highest BCUT2D eigenvalue weighted by atomic mass is 79.9. The lowest BCUT2D eigenvalue weighted by molar-refractivity contribution is -0.150. The van der Waals surface area contributed by atoms with Crippen LogP contribution in [0.25, 0.3) is 0 Å². The Bertz CT molecular complexity index is 1110. The molecule has 0 aromatic heterocycles. The monoisotopic (exact) mass is 599 g/mol. The molecule has 8 nitrogen and oxygen atoms in total. The Balaban J connectivity index is 1.54. The Morgan fingerprint density at radius 3 is 2.44 bits per heavy atom. The topological polar surface area (TPSA) is 90.4 Å². The Morgan fingerprint density at radius 1 is 1.10 bits per heavy atom. The summed E-state index contributed by atoms with van der Waals surface area (Å²) < 4.78 is 6.65. The highest BCUT2D eigenvalue weighted by Gasteiger charge is 2.77. The van der Waals surface area contributed by atoms with E-state index in [1.807, 2.05) is 35.2 Å². The SMILES string of the molecule is C=CCN(C(=O)[C@H]1[C@H]2C(=O)N(CCO)C(C(=O)N(CC=C)C3CCCCC3)C23CC(Br)[C@@H]1O3)c1ccccc1. The number of rotatable bonds is 10. The van der Waals surface area contributed by atoms with Crippen molar-refractivity contribution in [2.45, 2.75) is 67.1 Å². The van der Waals surface area contributed by atoms with Crippen molar-refractivity contribution in [3.8, 4) is 0 Å². The van der Waals surface area contributed by atoms with Crippen LogP contribution in [-0.4, -0.2) is 87.5 Å². The third-order valence-corrected chi connectivity index (χ3v) is 9.76. The maximum atomic E-state index is 14.4. The molecule has 5 rings (SSSR count). The van der Waals surface area contributed by atoms with Gasteiger partial charge in [-0.1, -0.05) is 65.5 Å². The molecular weight excluding hydrogens is 562 g/mol. The number of ether oxygens (including phenoxy) is 1. The molecule has 2 bridgehead atoms. The molecule has 1 aromatic carbocycles. The first-order valence-corrected chi connectivity index (χ1v) is 14.9. The number of carbonyl (C=O) groups is 3. The molecule has 1 aliphatic carbocycles. The third-order valence-electron chi connectivity index (χ3n) is 8.92. The summed E-state index contributed by atoms with van der Waals surface area (Å²) in [5, 5.41) is 9.93. The zero-order valence-electron chi connectivity index (χ0n) is 22.3. The number of aliphatic hydroxyl groups is 1. The van der Waals surface area contributed by atoms with Crippen molar-refractivity contribution in [2.75, 3.05) is 31.1 Å². The highest BCUT2D eigenvalue weighted by Crippen LogP contribution is 2.60. The summed E-state index contributed by atoms with van der Waals surface area (Å²) in [4.78, 5) is 47.6. The summed E-state index contributed by atoms with van der Waals surface area (Å²) in [6, 6.07) is 8.49. The summed E-state index contributed by atoms with van der Waals surface area (Å²) in [6.45, 7) is 8.12. The van der Waals surface area contributed by atoms with E-state index in [0.29, 0.717) is 18.7 Å². The molecule has 39 heavy (non-hydrogen) atoms. The first-order chi connectivity index (χ1) is 18.9. The molecule has 4 aliphatic rings. The maximum Gasteiger partial charge on any atom is 0.248 e. The van der Waals surface area contributed by atoms with E-state index in [2.05, 4.69) is 29.1 Å². The van der Waals surface area contributed by atoms with Crippen LogP contribution in [0, 0.1) is 11.8 Å². The molecule has 1 N–H and O–H groups in total. The van der Waals surface area contributed by atoms with Crippen LogP contribution in [0.15, 0.2) is 55.6 Å². The fourth-order valence-corrected chi connectivity index (χ4v) is 8.33. The van der Waals surface area contributed by atoms with Gasteiger partial charge in [0, 0.05) is 36.2 Å². The van der Waals surface area contributed by atoms with Crippen molar-refractivity contribution < 1.29 is 24.2 Å². The zero-order chi connectivity index (χ0) is 27.7. The Labute approximate surface area is 238 Å². The molecule has 4 fully saturated rings. The van der Waals surface area contributed by atoms with Crippen LogP contribution in [0.4, 0.5) is 5.69 Å². The summed E-state index contributed by atoms with van der Waals surface area (Å²) >= 11 is 3.74. The minimum atomic E-state index is -1.15. The molecule has 3 unspecified atom stereocenters. The fraction of sp³-hybridized carbons (Fsp3) is 0.567. The van der Waals surface area contributed by atoms with Gasteiger partial charge in [-0.15, -0.1) is 13.2 Å². The number of hydrogen-bond acceptors (Lipinski definition) is 5. The van der Waals surface area contributed by atoms with Gasteiger partial charge < -0.3 is 24.5 Å². The largest absolute Gasteiger partial charge is 0.395 e. The number of halogens is 1. The van der Waals surface area contributed by atoms with Crippen LogP contribution in [-0.2, 0) is 19.1 Å². The van der Waals surface area contributed by atoms with E-state index in [4.69, 9.17) is 4.74 Å². The number of fused-ring (bicyclic) bond motifs is 1. The minimum Gasteiger partial charge on any atom is -0.395 e. The number of benzene rings is 1. The normalized spacial score (nSPS) is 31.7. The number of carbonyl (C=O) groups excluding carboxylic acids is 3. The molecule has 210 valence electrons.